The molecule has 0 spiro atoms. The standard InChI is InChI=1S/C17H21ClN2O/c1-3-9-19-11-13-5-8-17(20-12-13)21-15-6-7-16(18)14(4-2)10-15/h5-8,10,12,19H,3-4,9,11H2,1-2H3. The van der Waals surface area contributed by atoms with Crippen LogP contribution < -0.4 is 10.1 Å². The number of nitrogens with zero attached hydrogens (tertiary/aromatic N) is 1. The maximum Gasteiger partial charge on any atom is 0.219 e. The lowest BCUT2D eigenvalue weighted by Gasteiger charge is -2.08. The number of aryl methyl sites for hydroxylation is 1. The molecule has 4 heteroatoms. The molecule has 1 aromatic carbocycles. The zero-order valence-electron chi connectivity index (χ0n) is 12.5. The smallest absolute Gasteiger partial charge is 0.219 e. The number of pyridine rings is 1. The minimum absolute atomic E-state index is 0.596. The Morgan fingerprint density at radius 1 is 1.19 bits per heavy atom. The zero-order chi connectivity index (χ0) is 15.1. The number of nitrogens with one attached hydrogen (secondary N) is 1. The SMILES string of the molecule is CCCNCc1ccc(Oc2ccc(Cl)c(CC)c2)nc1. The molecule has 0 aliphatic rings. The van der Waals surface area contributed by atoms with Crippen LogP contribution in [-0.4, -0.2) is 11.5 Å². The van der Waals surface area contributed by atoms with Gasteiger partial charge >= 0.3 is 0 Å². The number of hydrogen-bond acceptors (Lipinski definition) is 3. The Hall–Kier alpha value is -1.58. The number of ether oxygens (including phenoxy) is 1. The van der Waals surface area contributed by atoms with Crippen LogP contribution in [0.15, 0.2) is 36.5 Å². The third-order valence-electron chi connectivity index (χ3n) is 3.17. The molecule has 0 radical (unpaired) electrons. The molecule has 0 fully saturated rings. The lowest BCUT2D eigenvalue weighted by Crippen LogP contribution is -2.13. The molecule has 112 valence electrons. The van der Waals surface area contributed by atoms with E-state index < -0.39 is 0 Å². The number of rotatable bonds is 7. The molecule has 2 rings (SSSR count). The minimum Gasteiger partial charge on any atom is -0.439 e. The van der Waals surface area contributed by atoms with Crippen molar-refractivity contribution in [2.75, 3.05) is 6.54 Å². The fourth-order valence-corrected chi connectivity index (χ4v) is 2.24. The topological polar surface area (TPSA) is 34.1 Å². The van der Waals surface area contributed by atoms with Crippen molar-refractivity contribution in [1.29, 1.82) is 0 Å². The van der Waals surface area contributed by atoms with Crippen LogP contribution in [0.5, 0.6) is 11.6 Å². The average molecular weight is 305 g/mol. The predicted molar refractivity (Wildman–Crippen MR) is 87.1 cm³/mol. The molecule has 3 nitrogen and oxygen atoms in total. The van der Waals surface area contributed by atoms with Crippen LogP contribution in [0.3, 0.4) is 0 Å². The fraction of sp³-hybridized carbons (Fsp3) is 0.353. The van der Waals surface area contributed by atoms with E-state index in [1.54, 1.807) is 0 Å². The lowest BCUT2D eigenvalue weighted by molar-refractivity contribution is 0.461. The summed E-state index contributed by atoms with van der Waals surface area (Å²) in [5, 5.41) is 4.12. The quantitative estimate of drug-likeness (QED) is 0.760. The Bertz CT molecular complexity index is 570. The first kappa shape index (κ1) is 15.8. The summed E-state index contributed by atoms with van der Waals surface area (Å²) in [7, 11) is 0. The summed E-state index contributed by atoms with van der Waals surface area (Å²) >= 11 is 6.10. The Balaban J connectivity index is 1.99. The first-order valence-corrected chi connectivity index (χ1v) is 7.72. The van der Waals surface area contributed by atoms with Gasteiger partial charge in [-0.2, -0.15) is 0 Å². The van der Waals surface area contributed by atoms with Crippen molar-refractivity contribution in [1.82, 2.24) is 10.3 Å². The van der Waals surface area contributed by atoms with Gasteiger partial charge in [0.25, 0.3) is 0 Å². The molecule has 21 heavy (non-hydrogen) atoms. The van der Waals surface area contributed by atoms with Gasteiger partial charge in [-0.1, -0.05) is 31.5 Å². The van der Waals surface area contributed by atoms with Crippen molar-refractivity contribution in [2.45, 2.75) is 33.2 Å². The summed E-state index contributed by atoms with van der Waals surface area (Å²) in [5.41, 5.74) is 2.23. The second kappa shape index (κ2) is 8.01. The van der Waals surface area contributed by atoms with Gasteiger partial charge in [0.05, 0.1) is 0 Å². The Morgan fingerprint density at radius 2 is 2.05 bits per heavy atom. The molecule has 0 unspecified atom stereocenters. The Morgan fingerprint density at radius 3 is 2.71 bits per heavy atom. The van der Waals surface area contributed by atoms with Crippen molar-refractivity contribution >= 4 is 11.6 Å². The van der Waals surface area contributed by atoms with E-state index in [1.807, 2.05) is 36.5 Å². The summed E-state index contributed by atoms with van der Waals surface area (Å²) in [5.74, 6) is 1.36. The van der Waals surface area contributed by atoms with E-state index in [4.69, 9.17) is 16.3 Å². The summed E-state index contributed by atoms with van der Waals surface area (Å²) in [6.07, 6.45) is 3.85. The van der Waals surface area contributed by atoms with Crippen LogP contribution in [0.2, 0.25) is 5.02 Å². The second-order valence-electron chi connectivity index (χ2n) is 4.89. The summed E-state index contributed by atoms with van der Waals surface area (Å²) in [6, 6.07) is 9.60. The van der Waals surface area contributed by atoms with Gasteiger partial charge in [-0.05, 0) is 48.7 Å². The highest BCUT2D eigenvalue weighted by Crippen LogP contribution is 2.25. The number of halogens is 1. The normalized spacial score (nSPS) is 10.6. The van der Waals surface area contributed by atoms with Crippen molar-refractivity contribution < 1.29 is 4.74 Å². The van der Waals surface area contributed by atoms with E-state index in [0.29, 0.717) is 5.88 Å². The third kappa shape index (κ3) is 4.73. The summed E-state index contributed by atoms with van der Waals surface area (Å²) < 4.78 is 5.77. The first-order valence-electron chi connectivity index (χ1n) is 7.34. The molecule has 1 N–H and O–H groups in total. The van der Waals surface area contributed by atoms with Gasteiger partial charge in [-0.3, -0.25) is 0 Å². The van der Waals surface area contributed by atoms with Crippen molar-refractivity contribution in [3.63, 3.8) is 0 Å². The molecule has 0 saturated carbocycles. The van der Waals surface area contributed by atoms with Gasteiger partial charge in [-0.25, -0.2) is 4.98 Å². The molecule has 1 heterocycles. The largest absolute Gasteiger partial charge is 0.439 e. The number of hydrogen-bond donors (Lipinski definition) is 1. The third-order valence-corrected chi connectivity index (χ3v) is 3.54. The molecule has 2 aromatic rings. The fourth-order valence-electron chi connectivity index (χ4n) is 1.99. The monoisotopic (exact) mass is 304 g/mol. The van der Waals surface area contributed by atoms with E-state index in [9.17, 15) is 0 Å². The van der Waals surface area contributed by atoms with Crippen LogP contribution in [0.25, 0.3) is 0 Å². The van der Waals surface area contributed by atoms with Gasteiger partial charge in [0.1, 0.15) is 5.75 Å². The van der Waals surface area contributed by atoms with E-state index in [2.05, 4.69) is 24.1 Å². The summed E-state index contributed by atoms with van der Waals surface area (Å²) in [6.45, 7) is 6.07. The van der Waals surface area contributed by atoms with E-state index >= 15 is 0 Å². The Labute approximate surface area is 131 Å². The highest BCUT2D eigenvalue weighted by molar-refractivity contribution is 6.31. The molecule has 0 saturated heterocycles. The van der Waals surface area contributed by atoms with Gasteiger partial charge in [0.15, 0.2) is 0 Å². The van der Waals surface area contributed by atoms with Gasteiger partial charge < -0.3 is 10.1 Å². The van der Waals surface area contributed by atoms with Crippen molar-refractivity contribution in [2.24, 2.45) is 0 Å². The van der Waals surface area contributed by atoms with E-state index in [1.165, 1.54) is 0 Å². The molecule has 0 aliphatic carbocycles. The Kier molecular flexibility index (Phi) is 6.03. The molecular formula is C17H21ClN2O. The van der Waals surface area contributed by atoms with Gasteiger partial charge in [0, 0.05) is 23.8 Å². The van der Waals surface area contributed by atoms with Crippen molar-refractivity contribution in [3.8, 4) is 11.6 Å². The number of benzene rings is 1. The van der Waals surface area contributed by atoms with Crippen LogP contribution in [0.4, 0.5) is 0 Å². The first-order chi connectivity index (χ1) is 10.2. The molecule has 0 amide bonds. The maximum absolute atomic E-state index is 6.10. The predicted octanol–water partition coefficient (Wildman–Crippen LogP) is 4.59. The molecule has 0 aliphatic heterocycles. The average Bonchev–Trinajstić information content (AvgIpc) is 2.51. The molecule has 1 aromatic heterocycles. The molecule has 0 bridgehead atoms. The van der Waals surface area contributed by atoms with E-state index in [-0.39, 0.29) is 0 Å². The second-order valence-corrected chi connectivity index (χ2v) is 5.30. The molecule has 0 atom stereocenters. The van der Waals surface area contributed by atoms with Crippen LogP contribution in [-0.2, 0) is 13.0 Å². The van der Waals surface area contributed by atoms with E-state index in [0.717, 1.165) is 47.8 Å². The lowest BCUT2D eigenvalue weighted by atomic mass is 10.1. The van der Waals surface area contributed by atoms with Gasteiger partial charge in [-0.15, -0.1) is 0 Å². The van der Waals surface area contributed by atoms with Crippen LogP contribution >= 0.6 is 11.6 Å². The summed E-state index contributed by atoms with van der Waals surface area (Å²) in [4.78, 5) is 4.34. The van der Waals surface area contributed by atoms with Gasteiger partial charge in [0.2, 0.25) is 5.88 Å². The highest BCUT2D eigenvalue weighted by Gasteiger charge is 2.03. The van der Waals surface area contributed by atoms with Crippen LogP contribution in [0.1, 0.15) is 31.4 Å². The highest BCUT2D eigenvalue weighted by atomic mass is 35.5. The minimum atomic E-state index is 0.596. The zero-order valence-corrected chi connectivity index (χ0v) is 13.3. The van der Waals surface area contributed by atoms with Crippen LogP contribution in [0, 0.1) is 0 Å². The van der Waals surface area contributed by atoms with Crippen molar-refractivity contribution in [3.05, 3.63) is 52.7 Å². The number of aromatic nitrogens is 1. The maximum atomic E-state index is 6.10. The molecular weight excluding hydrogens is 284 g/mol.